The summed E-state index contributed by atoms with van der Waals surface area (Å²) in [4.78, 5) is 18.6. The van der Waals surface area contributed by atoms with Crippen molar-refractivity contribution in [2.45, 2.75) is 6.92 Å². The lowest BCUT2D eigenvalue weighted by Crippen LogP contribution is -2.21. The molecule has 138 valence electrons. The minimum absolute atomic E-state index is 0.296. The first-order valence-electron chi connectivity index (χ1n) is 8.21. The van der Waals surface area contributed by atoms with E-state index in [0.29, 0.717) is 17.3 Å². The molecule has 1 aromatic carbocycles. The first kappa shape index (κ1) is 18.8. The second-order valence-electron chi connectivity index (χ2n) is 6.19. The number of amides is 1. The van der Waals surface area contributed by atoms with Gasteiger partial charge in [0.1, 0.15) is 17.3 Å². The van der Waals surface area contributed by atoms with Crippen molar-refractivity contribution in [2.75, 3.05) is 19.4 Å². The Morgan fingerprint density at radius 1 is 1.19 bits per heavy atom. The van der Waals surface area contributed by atoms with Gasteiger partial charge in [0.2, 0.25) is 0 Å². The number of carbonyl (C=O) groups is 1. The number of hydrogen-bond acceptors (Lipinski definition) is 4. The molecule has 0 unspecified atom stereocenters. The third kappa shape index (κ3) is 4.22. The number of anilines is 1. The Balaban J connectivity index is 1.88. The van der Waals surface area contributed by atoms with Crippen LogP contribution in [0.3, 0.4) is 0 Å². The summed E-state index contributed by atoms with van der Waals surface area (Å²) in [6.45, 7) is 1.83. The van der Waals surface area contributed by atoms with Gasteiger partial charge in [-0.1, -0.05) is 0 Å². The number of nitrogens with one attached hydrogen (secondary N) is 2. The molecule has 7 nitrogen and oxygen atoms in total. The van der Waals surface area contributed by atoms with Gasteiger partial charge < -0.3 is 10.2 Å². The van der Waals surface area contributed by atoms with Crippen LogP contribution < -0.4 is 5.32 Å². The van der Waals surface area contributed by atoms with E-state index < -0.39 is 0 Å². The summed E-state index contributed by atoms with van der Waals surface area (Å²) < 4.78 is 2.43. The molecular weight excluding hydrogens is 408 g/mol. The molecule has 0 aliphatic rings. The Morgan fingerprint density at radius 2 is 1.89 bits per heavy atom. The highest BCUT2D eigenvalue weighted by atomic mass is 79.9. The van der Waals surface area contributed by atoms with Gasteiger partial charge in [-0.2, -0.15) is 5.10 Å². The molecule has 3 aromatic rings. The lowest BCUT2D eigenvalue weighted by molar-refractivity contribution is 0.101. The van der Waals surface area contributed by atoms with Gasteiger partial charge in [-0.3, -0.25) is 10.2 Å². The Hall–Kier alpha value is -3.00. The van der Waals surface area contributed by atoms with Gasteiger partial charge in [0, 0.05) is 30.3 Å². The maximum Gasteiger partial charge on any atom is 0.275 e. The van der Waals surface area contributed by atoms with Crippen LogP contribution in [0.15, 0.2) is 53.1 Å². The van der Waals surface area contributed by atoms with Gasteiger partial charge in [0.25, 0.3) is 5.91 Å². The zero-order valence-corrected chi connectivity index (χ0v) is 16.8. The number of aromatic nitrogens is 3. The molecule has 8 heteroatoms. The van der Waals surface area contributed by atoms with E-state index in [1.807, 2.05) is 51.4 Å². The standard InChI is InChI=1S/C19H19BrN6O/c1-12-10-16(19(27)23-17-9-6-14(20)11-22-17)26(24-12)15-7-4-13(5-8-15)18(21)25(2)3/h4-11,21H,1-3H3,(H,22,23,27). The molecule has 0 saturated carbocycles. The minimum atomic E-state index is -0.296. The van der Waals surface area contributed by atoms with Crippen LogP contribution in [0, 0.1) is 12.3 Å². The van der Waals surface area contributed by atoms with Gasteiger partial charge in [0.05, 0.1) is 11.4 Å². The van der Waals surface area contributed by atoms with Crippen molar-refractivity contribution in [2.24, 2.45) is 0 Å². The second kappa shape index (κ2) is 7.71. The number of benzene rings is 1. The Labute approximate surface area is 165 Å². The normalized spacial score (nSPS) is 10.5. The summed E-state index contributed by atoms with van der Waals surface area (Å²) in [5.74, 6) is 0.580. The van der Waals surface area contributed by atoms with E-state index in [2.05, 4.69) is 31.3 Å². The number of hydrogen-bond donors (Lipinski definition) is 2. The summed E-state index contributed by atoms with van der Waals surface area (Å²) in [7, 11) is 3.65. The van der Waals surface area contributed by atoms with Gasteiger partial charge in [-0.05, 0) is 65.3 Å². The molecule has 0 aliphatic heterocycles. The van der Waals surface area contributed by atoms with Crippen molar-refractivity contribution in [3.05, 3.63) is 70.1 Å². The third-order valence-electron chi connectivity index (χ3n) is 3.87. The maximum absolute atomic E-state index is 12.7. The van der Waals surface area contributed by atoms with Crippen molar-refractivity contribution in [3.8, 4) is 5.69 Å². The van der Waals surface area contributed by atoms with E-state index in [1.54, 1.807) is 27.9 Å². The minimum Gasteiger partial charge on any atom is -0.363 e. The molecule has 27 heavy (non-hydrogen) atoms. The molecular formula is C19H19BrN6O. The van der Waals surface area contributed by atoms with Crippen molar-refractivity contribution >= 4 is 33.5 Å². The van der Waals surface area contributed by atoms with Crippen molar-refractivity contribution in [1.82, 2.24) is 19.7 Å². The fraction of sp³-hybridized carbons (Fsp3) is 0.158. The monoisotopic (exact) mass is 426 g/mol. The number of halogens is 1. The SMILES string of the molecule is Cc1cc(C(=O)Nc2ccc(Br)cn2)n(-c2ccc(C(=N)N(C)C)cc2)n1. The molecule has 0 saturated heterocycles. The molecule has 3 rings (SSSR count). The molecule has 0 fully saturated rings. The molecule has 0 atom stereocenters. The number of rotatable bonds is 4. The van der Waals surface area contributed by atoms with E-state index in [9.17, 15) is 4.79 Å². The largest absolute Gasteiger partial charge is 0.363 e. The molecule has 2 aromatic heterocycles. The van der Waals surface area contributed by atoms with Crippen LogP contribution in [-0.4, -0.2) is 45.5 Å². The van der Waals surface area contributed by atoms with E-state index in [-0.39, 0.29) is 5.91 Å². The summed E-state index contributed by atoms with van der Waals surface area (Å²) in [6.07, 6.45) is 1.62. The Bertz CT molecular complexity index is 976. The summed E-state index contributed by atoms with van der Waals surface area (Å²) >= 11 is 3.32. The van der Waals surface area contributed by atoms with Crippen LogP contribution in [-0.2, 0) is 0 Å². The molecule has 0 aliphatic carbocycles. The first-order valence-corrected chi connectivity index (χ1v) is 9.00. The lowest BCUT2D eigenvalue weighted by atomic mass is 10.2. The van der Waals surface area contributed by atoms with Crippen LogP contribution in [0.25, 0.3) is 5.69 Å². The summed E-state index contributed by atoms with van der Waals surface area (Å²) in [5.41, 5.74) is 2.67. The predicted octanol–water partition coefficient (Wildman–Crippen LogP) is 3.48. The van der Waals surface area contributed by atoms with Crippen LogP contribution >= 0.6 is 15.9 Å². The zero-order chi connectivity index (χ0) is 19.6. The smallest absolute Gasteiger partial charge is 0.275 e. The summed E-state index contributed by atoms with van der Waals surface area (Å²) in [5, 5.41) is 15.3. The van der Waals surface area contributed by atoms with E-state index in [1.165, 1.54) is 0 Å². The van der Waals surface area contributed by atoms with Crippen LogP contribution in [0.1, 0.15) is 21.7 Å². The zero-order valence-electron chi connectivity index (χ0n) is 15.2. The van der Waals surface area contributed by atoms with Gasteiger partial charge in [0.15, 0.2) is 0 Å². The third-order valence-corrected chi connectivity index (χ3v) is 4.33. The predicted molar refractivity (Wildman–Crippen MR) is 109 cm³/mol. The Kier molecular flexibility index (Phi) is 5.36. The number of aryl methyl sites for hydroxylation is 1. The van der Waals surface area contributed by atoms with Crippen LogP contribution in [0.4, 0.5) is 5.82 Å². The van der Waals surface area contributed by atoms with Crippen molar-refractivity contribution in [3.63, 3.8) is 0 Å². The quantitative estimate of drug-likeness (QED) is 0.493. The van der Waals surface area contributed by atoms with Gasteiger partial charge in [-0.25, -0.2) is 9.67 Å². The molecule has 0 radical (unpaired) electrons. The highest BCUT2D eigenvalue weighted by molar-refractivity contribution is 9.10. The average Bonchev–Trinajstić information content (AvgIpc) is 3.05. The average molecular weight is 427 g/mol. The number of nitrogens with zero attached hydrogens (tertiary/aromatic N) is 4. The summed E-state index contributed by atoms with van der Waals surface area (Å²) in [6, 6.07) is 12.6. The molecule has 1 amide bonds. The van der Waals surface area contributed by atoms with Crippen LogP contribution in [0.2, 0.25) is 0 Å². The first-order chi connectivity index (χ1) is 12.8. The van der Waals surface area contributed by atoms with Gasteiger partial charge >= 0.3 is 0 Å². The molecule has 2 N–H and O–H groups in total. The van der Waals surface area contributed by atoms with Crippen molar-refractivity contribution in [1.29, 1.82) is 5.41 Å². The highest BCUT2D eigenvalue weighted by Gasteiger charge is 2.16. The fourth-order valence-corrected chi connectivity index (χ4v) is 2.74. The second-order valence-corrected chi connectivity index (χ2v) is 7.10. The molecule has 0 spiro atoms. The maximum atomic E-state index is 12.7. The topological polar surface area (TPSA) is 86.9 Å². The Morgan fingerprint density at radius 3 is 2.48 bits per heavy atom. The van der Waals surface area contributed by atoms with E-state index in [0.717, 1.165) is 21.4 Å². The highest BCUT2D eigenvalue weighted by Crippen LogP contribution is 2.17. The van der Waals surface area contributed by atoms with Gasteiger partial charge in [-0.15, -0.1) is 0 Å². The lowest BCUT2D eigenvalue weighted by Gasteiger charge is -2.14. The van der Waals surface area contributed by atoms with E-state index >= 15 is 0 Å². The van der Waals surface area contributed by atoms with Crippen LogP contribution in [0.5, 0.6) is 0 Å². The number of carbonyl (C=O) groups excluding carboxylic acids is 1. The molecule has 0 bridgehead atoms. The number of pyridine rings is 1. The number of amidine groups is 1. The fourth-order valence-electron chi connectivity index (χ4n) is 2.51. The molecule has 2 heterocycles. The van der Waals surface area contributed by atoms with Crippen molar-refractivity contribution < 1.29 is 4.79 Å². The van der Waals surface area contributed by atoms with E-state index in [4.69, 9.17) is 5.41 Å².